The molecule has 0 fully saturated rings. The lowest BCUT2D eigenvalue weighted by atomic mass is 10.0. The van der Waals surface area contributed by atoms with Crippen molar-refractivity contribution in [2.45, 2.75) is 51.5 Å². The predicted octanol–water partition coefficient (Wildman–Crippen LogP) is 2.87. The van der Waals surface area contributed by atoms with E-state index >= 15 is 0 Å². The molecule has 1 nitrogen and oxygen atoms in total. The number of allylic oxidation sites excluding steroid dienone is 1. The summed E-state index contributed by atoms with van der Waals surface area (Å²) in [5, 5.41) is 3.57. The third-order valence-corrected chi connectivity index (χ3v) is 2.44. The first-order chi connectivity index (χ1) is 5.93. The largest absolute Gasteiger partial charge is 0.311 e. The van der Waals surface area contributed by atoms with Gasteiger partial charge in [-0.2, -0.15) is 0 Å². The summed E-state index contributed by atoms with van der Waals surface area (Å²) in [6.07, 6.45) is 12.6. The summed E-state index contributed by atoms with van der Waals surface area (Å²) < 4.78 is 0. The zero-order valence-electron chi connectivity index (χ0n) is 8.18. The van der Waals surface area contributed by atoms with Gasteiger partial charge in [0.1, 0.15) is 0 Å². The Balaban J connectivity index is 1.98. The van der Waals surface area contributed by atoms with Crippen molar-refractivity contribution in [3.8, 4) is 0 Å². The van der Waals surface area contributed by atoms with Crippen LogP contribution in [-0.2, 0) is 0 Å². The van der Waals surface area contributed by atoms with Crippen LogP contribution < -0.4 is 5.32 Å². The topological polar surface area (TPSA) is 12.0 Å². The molecule has 0 heterocycles. The van der Waals surface area contributed by atoms with Gasteiger partial charge in [-0.1, -0.05) is 31.9 Å². The molecule has 0 unspecified atom stereocenters. The first-order valence-corrected chi connectivity index (χ1v) is 5.33. The van der Waals surface area contributed by atoms with Gasteiger partial charge in [-0.05, 0) is 32.2 Å². The highest BCUT2D eigenvalue weighted by Gasteiger charge is 2.05. The molecule has 70 valence electrons. The summed E-state index contributed by atoms with van der Waals surface area (Å²) in [6, 6.07) is 0.676. The molecule has 1 aliphatic carbocycles. The van der Waals surface area contributed by atoms with E-state index in [-0.39, 0.29) is 0 Å². The molecule has 0 bridgehead atoms. The molecule has 1 atom stereocenters. The summed E-state index contributed by atoms with van der Waals surface area (Å²) >= 11 is 0. The van der Waals surface area contributed by atoms with Crippen molar-refractivity contribution < 1.29 is 0 Å². The molecule has 0 aliphatic heterocycles. The van der Waals surface area contributed by atoms with Gasteiger partial charge in [0.25, 0.3) is 0 Å². The van der Waals surface area contributed by atoms with Crippen LogP contribution in [0.3, 0.4) is 0 Å². The maximum Gasteiger partial charge on any atom is 0.0250 e. The van der Waals surface area contributed by atoms with Crippen molar-refractivity contribution in [1.29, 1.82) is 0 Å². The average Bonchev–Trinajstić information content (AvgIpc) is 2.14. The van der Waals surface area contributed by atoms with Crippen LogP contribution in [0.15, 0.2) is 12.2 Å². The normalized spacial score (nSPS) is 22.9. The SMILES string of the molecule is CCCCCN[C@@H]1C=CCCC1. The maximum atomic E-state index is 3.57. The van der Waals surface area contributed by atoms with Gasteiger partial charge in [0.05, 0.1) is 0 Å². The first-order valence-electron chi connectivity index (χ1n) is 5.33. The van der Waals surface area contributed by atoms with Gasteiger partial charge in [0.2, 0.25) is 0 Å². The number of hydrogen-bond donors (Lipinski definition) is 1. The number of unbranched alkanes of at least 4 members (excludes halogenated alkanes) is 2. The van der Waals surface area contributed by atoms with Gasteiger partial charge in [-0.15, -0.1) is 0 Å². The van der Waals surface area contributed by atoms with Gasteiger partial charge in [-0.3, -0.25) is 0 Å². The zero-order valence-corrected chi connectivity index (χ0v) is 8.18. The third kappa shape index (κ3) is 3.91. The Morgan fingerprint density at radius 1 is 1.42 bits per heavy atom. The van der Waals surface area contributed by atoms with Crippen LogP contribution in [-0.4, -0.2) is 12.6 Å². The summed E-state index contributed by atoms with van der Waals surface area (Å²) in [5.41, 5.74) is 0. The zero-order chi connectivity index (χ0) is 8.65. The molecule has 0 saturated heterocycles. The summed E-state index contributed by atoms with van der Waals surface area (Å²) in [5.74, 6) is 0. The number of nitrogens with one attached hydrogen (secondary N) is 1. The minimum absolute atomic E-state index is 0.676. The number of hydrogen-bond acceptors (Lipinski definition) is 1. The van der Waals surface area contributed by atoms with Crippen LogP contribution in [0.25, 0.3) is 0 Å². The molecular weight excluding hydrogens is 146 g/mol. The molecule has 0 aromatic heterocycles. The standard InChI is InChI=1S/C11H21N/c1-2-3-7-10-12-11-8-5-4-6-9-11/h5,8,11-12H,2-4,6-7,9-10H2,1H3/t11-/m1/s1. The van der Waals surface area contributed by atoms with Gasteiger partial charge < -0.3 is 5.32 Å². The smallest absolute Gasteiger partial charge is 0.0250 e. The highest BCUT2D eigenvalue weighted by Crippen LogP contribution is 2.09. The third-order valence-electron chi connectivity index (χ3n) is 2.44. The fourth-order valence-corrected chi connectivity index (χ4v) is 1.64. The second-order valence-corrected chi connectivity index (χ2v) is 3.63. The van der Waals surface area contributed by atoms with E-state index in [0.29, 0.717) is 6.04 Å². The Labute approximate surface area is 76.2 Å². The molecule has 1 N–H and O–H groups in total. The molecule has 12 heavy (non-hydrogen) atoms. The van der Waals surface area contributed by atoms with Crippen LogP contribution in [0.2, 0.25) is 0 Å². The van der Waals surface area contributed by atoms with Crippen LogP contribution in [0.4, 0.5) is 0 Å². The molecule has 1 heteroatoms. The van der Waals surface area contributed by atoms with E-state index in [0.717, 1.165) is 0 Å². The maximum absolute atomic E-state index is 3.57. The van der Waals surface area contributed by atoms with Crippen molar-refractivity contribution in [2.24, 2.45) is 0 Å². The van der Waals surface area contributed by atoms with Crippen LogP contribution >= 0.6 is 0 Å². The van der Waals surface area contributed by atoms with Crippen LogP contribution in [0.1, 0.15) is 45.4 Å². The Kier molecular flexibility index (Phi) is 5.09. The van der Waals surface area contributed by atoms with E-state index in [1.165, 1.54) is 45.1 Å². The molecule has 0 saturated carbocycles. The molecule has 0 radical (unpaired) electrons. The molecule has 0 spiro atoms. The van der Waals surface area contributed by atoms with Gasteiger partial charge in [0.15, 0.2) is 0 Å². The van der Waals surface area contributed by atoms with Crippen molar-refractivity contribution in [2.75, 3.05) is 6.54 Å². The van der Waals surface area contributed by atoms with Gasteiger partial charge >= 0.3 is 0 Å². The summed E-state index contributed by atoms with van der Waals surface area (Å²) in [4.78, 5) is 0. The van der Waals surface area contributed by atoms with Crippen molar-refractivity contribution in [3.05, 3.63) is 12.2 Å². The van der Waals surface area contributed by atoms with Gasteiger partial charge in [-0.25, -0.2) is 0 Å². The Morgan fingerprint density at radius 3 is 3.00 bits per heavy atom. The minimum Gasteiger partial charge on any atom is -0.311 e. The van der Waals surface area contributed by atoms with E-state index in [9.17, 15) is 0 Å². The lowest BCUT2D eigenvalue weighted by molar-refractivity contribution is 0.507. The van der Waals surface area contributed by atoms with Crippen molar-refractivity contribution >= 4 is 0 Å². The first kappa shape index (κ1) is 9.79. The van der Waals surface area contributed by atoms with E-state index in [1.807, 2.05) is 0 Å². The molecular formula is C11H21N. The minimum atomic E-state index is 0.676. The summed E-state index contributed by atoms with van der Waals surface area (Å²) in [7, 11) is 0. The monoisotopic (exact) mass is 167 g/mol. The van der Waals surface area contributed by atoms with Crippen LogP contribution in [0.5, 0.6) is 0 Å². The Morgan fingerprint density at radius 2 is 2.33 bits per heavy atom. The second-order valence-electron chi connectivity index (χ2n) is 3.63. The summed E-state index contributed by atoms with van der Waals surface area (Å²) in [6.45, 7) is 3.45. The van der Waals surface area contributed by atoms with E-state index in [2.05, 4.69) is 24.4 Å². The van der Waals surface area contributed by atoms with E-state index < -0.39 is 0 Å². The molecule has 1 aliphatic rings. The highest BCUT2D eigenvalue weighted by atomic mass is 14.9. The Hall–Kier alpha value is -0.300. The fourth-order valence-electron chi connectivity index (χ4n) is 1.64. The molecule has 0 aromatic carbocycles. The Bertz CT molecular complexity index is 129. The lowest BCUT2D eigenvalue weighted by Crippen LogP contribution is -2.29. The van der Waals surface area contributed by atoms with Crippen LogP contribution in [0, 0.1) is 0 Å². The van der Waals surface area contributed by atoms with E-state index in [4.69, 9.17) is 0 Å². The highest BCUT2D eigenvalue weighted by molar-refractivity contribution is 4.97. The van der Waals surface area contributed by atoms with Gasteiger partial charge in [0, 0.05) is 6.04 Å². The number of rotatable bonds is 5. The quantitative estimate of drug-likeness (QED) is 0.490. The molecule has 0 amide bonds. The fraction of sp³-hybridized carbons (Fsp3) is 0.818. The lowest BCUT2D eigenvalue weighted by Gasteiger charge is -2.17. The molecule has 0 aromatic rings. The predicted molar refractivity (Wildman–Crippen MR) is 54.3 cm³/mol. The van der Waals surface area contributed by atoms with E-state index in [1.54, 1.807) is 0 Å². The molecule has 1 rings (SSSR count). The van der Waals surface area contributed by atoms with Crippen molar-refractivity contribution in [3.63, 3.8) is 0 Å². The average molecular weight is 167 g/mol. The van der Waals surface area contributed by atoms with Crippen molar-refractivity contribution in [1.82, 2.24) is 5.32 Å². The second kappa shape index (κ2) is 6.24.